The predicted octanol–water partition coefficient (Wildman–Crippen LogP) is 3.26. The van der Waals surface area contributed by atoms with E-state index in [0.717, 1.165) is 31.2 Å². The maximum Gasteiger partial charge on any atom is 0.251 e. The summed E-state index contributed by atoms with van der Waals surface area (Å²) < 4.78 is 13.0. The number of amides is 2. The van der Waals surface area contributed by atoms with Gasteiger partial charge in [-0.15, -0.1) is 0 Å². The zero-order valence-electron chi connectivity index (χ0n) is 17.0. The molecule has 2 heterocycles. The number of hydrogen-bond acceptors (Lipinski definition) is 3. The van der Waals surface area contributed by atoms with Crippen LogP contribution in [0.2, 0.25) is 0 Å². The zero-order valence-corrected chi connectivity index (χ0v) is 17.0. The second-order valence-electron chi connectivity index (χ2n) is 8.32. The van der Waals surface area contributed by atoms with E-state index in [1.54, 1.807) is 12.1 Å². The molecule has 0 aliphatic carbocycles. The lowest BCUT2D eigenvalue weighted by atomic mass is 9.81. The van der Waals surface area contributed by atoms with E-state index in [1.807, 2.05) is 30.3 Å². The molecule has 2 bridgehead atoms. The van der Waals surface area contributed by atoms with Crippen LogP contribution in [0.15, 0.2) is 54.6 Å². The molecule has 2 aliphatic heterocycles. The molecule has 5 nitrogen and oxygen atoms in total. The Kier molecular flexibility index (Phi) is 6.43. The Morgan fingerprint density at radius 2 is 1.63 bits per heavy atom. The van der Waals surface area contributed by atoms with Crippen LogP contribution in [-0.4, -0.2) is 41.4 Å². The number of rotatable bonds is 6. The Bertz CT molecular complexity index is 858. The van der Waals surface area contributed by atoms with Crippen molar-refractivity contribution in [3.8, 4) is 0 Å². The quantitative estimate of drug-likeness (QED) is 0.770. The van der Waals surface area contributed by atoms with Crippen molar-refractivity contribution in [3.63, 3.8) is 0 Å². The smallest absolute Gasteiger partial charge is 0.251 e. The van der Waals surface area contributed by atoms with E-state index in [1.165, 1.54) is 18.6 Å². The van der Waals surface area contributed by atoms with Crippen LogP contribution in [0.4, 0.5) is 4.39 Å². The summed E-state index contributed by atoms with van der Waals surface area (Å²) in [5.41, 5.74) is 1.57. The fraction of sp³-hybridized carbons (Fsp3) is 0.417. The second-order valence-corrected chi connectivity index (χ2v) is 8.32. The number of halogens is 1. The fourth-order valence-corrected chi connectivity index (χ4v) is 4.74. The van der Waals surface area contributed by atoms with Gasteiger partial charge >= 0.3 is 0 Å². The average molecular weight is 410 g/mol. The Morgan fingerprint density at radius 1 is 0.967 bits per heavy atom. The van der Waals surface area contributed by atoms with Crippen molar-refractivity contribution in [2.45, 2.75) is 56.8 Å². The van der Waals surface area contributed by atoms with E-state index in [-0.39, 0.29) is 23.7 Å². The number of nitrogens with one attached hydrogen (secondary N) is 2. The largest absolute Gasteiger partial charge is 0.351 e. The number of fused-ring (bicyclic) bond motifs is 2. The SMILES string of the molecule is O=C(CN1[C@H]2CCC[C@H]1CC(NC(=O)c1ccccc1)C2)NCc1ccc(F)cc1. The molecule has 2 amide bonds. The molecular formula is C24H28FN3O2. The molecular weight excluding hydrogens is 381 g/mol. The summed E-state index contributed by atoms with van der Waals surface area (Å²) >= 11 is 0. The van der Waals surface area contributed by atoms with Crippen LogP contribution in [0.25, 0.3) is 0 Å². The molecule has 0 radical (unpaired) electrons. The van der Waals surface area contributed by atoms with Crippen LogP contribution in [-0.2, 0) is 11.3 Å². The molecule has 2 aliphatic rings. The molecule has 30 heavy (non-hydrogen) atoms. The standard InChI is InChI=1S/C24H28FN3O2/c25-19-11-9-17(10-12-19)15-26-23(29)16-28-21-7-4-8-22(28)14-20(13-21)27-24(30)18-5-2-1-3-6-18/h1-3,5-6,9-12,20-22H,4,7-8,13-16H2,(H,26,29)(H,27,30)/t21-,22-/m0/s1. The van der Waals surface area contributed by atoms with E-state index in [0.29, 0.717) is 30.7 Å². The number of benzene rings is 2. The normalized spacial score (nSPS) is 23.6. The van der Waals surface area contributed by atoms with Crippen LogP contribution in [0, 0.1) is 5.82 Å². The minimum atomic E-state index is -0.278. The van der Waals surface area contributed by atoms with Crippen molar-refractivity contribution in [2.75, 3.05) is 6.54 Å². The highest BCUT2D eigenvalue weighted by atomic mass is 19.1. The topological polar surface area (TPSA) is 61.4 Å². The molecule has 158 valence electrons. The van der Waals surface area contributed by atoms with Crippen LogP contribution in [0.1, 0.15) is 48.0 Å². The molecule has 2 saturated heterocycles. The molecule has 2 atom stereocenters. The van der Waals surface area contributed by atoms with Crippen LogP contribution < -0.4 is 10.6 Å². The van der Waals surface area contributed by atoms with Gasteiger partial charge in [0.25, 0.3) is 5.91 Å². The molecule has 0 unspecified atom stereocenters. The molecule has 2 fully saturated rings. The molecule has 4 rings (SSSR count). The third kappa shape index (κ3) is 5.05. The van der Waals surface area contributed by atoms with Crippen LogP contribution >= 0.6 is 0 Å². The Labute approximate surface area is 176 Å². The van der Waals surface area contributed by atoms with E-state index < -0.39 is 0 Å². The molecule has 6 heteroatoms. The monoisotopic (exact) mass is 409 g/mol. The van der Waals surface area contributed by atoms with Crippen molar-refractivity contribution < 1.29 is 14.0 Å². The Balaban J connectivity index is 1.30. The van der Waals surface area contributed by atoms with Crippen molar-refractivity contribution in [2.24, 2.45) is 0 Å². The highest BCUT2D eigenvalue weighted by Gasteiger charge is 2.39. The third-order valence-corrected chi connectivity index (χ3v) is 6.23. The third-order valence-electron chi connectivity index (χ3n) is 6.23. The number of hydrogen-bond donors (Lipinski definition) is 2. The lowest BCUT2D eigenvalue weighted by molar-refractivity contribution is -0.125. The number of carbonyl (C=O) groups is 2. The van der Waals surface area contributed by atoms with Gasteiger partial charge in [0.05, 0.1) is 6.54 Å². The van der Waals surface area contributed by atoms with Gasteiger partial charge in [0, 0.05) is 30.2 Å². The first kappa shape index (κ1) is 20.5. The molecule has 0 aromatic heterocycles. The zero-order chi connectivity index (χ0) is 20.9. The van der Waals surface area contributed by atoms with Gasteiger partial charge in [-0.25, -0.2) is 4.39 Å². The van der Waals surface area contributed by atoms with Gasteiger partial charge in [-0.3, -0.25) is 14.5 Å². The molecule has 2 aromatic rings. The average Bonchev–Trinajstić information content (AvgIpc) is 2.74. The van der Waals surface area contributed by atoms with E-state index in [4.69, 9.17) is 0 Å². The van der Waals surface area contributed by atoms with Crippen LogP contribution in [0.5, 0.6) is 0 Å². The Morgan fingerprint density at radius 3 is 2.30 bits per heavy atom. The second kappa shape index (κ2) is 9.39. The Hall–Kier alpha value is -2.73. The van der Waals surface area contributed by atoms with Gasteiger partial charge in [0.1, 0.15) is 5.82 Å². The van der Waals surface area contributed by atoms with Crippen molar-refractivity contribution >= 4 is 11.8 Å². The van der Waals surface area contributed by atoms with Gasteiger partial charge in [-0.05, 0) is 55.5 Å². The summed E-state index contributed by atoms with van der Waals surface area (Å²) in [5.74, 6) is -0.313. The van der Waals surface area contributed by atoms with E-state index in [2.05, 4.69) is 15.5 Å². The summed E-state index contributed by atoms with van der Waals surface area (Å²) in [4.78, 5) is 27.4. The van der Waals surface area contributed by atoms with Crippen molar-refractivity contribution in [1.29, 1.82) is 0 Å². The number of piperidine rings is 2. The summed E-state index contributed by atoms with van der Waals surface area (Å²) in [6.07, 6.45) is 5.03. The number of carbonyl (C=O) groups excluding carboxylic acids is 2. The minimum Gasteiger partial charge on any atom is -0.351 e. The van der Waals surface area contributed by atoms with Gasteiger partial charge in [-0.2, -0.15) is 0 Å². The highest BCUT2D eigenvalue weighted by molar-refractivity contribution is 5.94. The predicted molar refractivity (Wildman–Crippen MR) is 113 cm³/mol. The first-order chi connectivity index (χ1) is 14.6. The van der Waals surface area contributed by atoms with Crippen molar-refractivity contribution in [3.05, 3.63) is 71.5 Å². The van der Waals surface area contributed by atoms with Gasteiger partial charge in [0.2, 0.25) is 5.91 Å². The van der Waals surface area contributed by atoms with Gasteiger partial charge in [-0.1, -0.05) is 36.8 Å². The molecule has 2 aromatic carbocycles. The molecule has 2 N–H and O–H groups in total. The maximum absolute atomic E-state index is 13.0. The summed E-state index contributed by atoms with van der Waals surface area (Å²) in [5, 5.41) is 6.14. The van der Waals surface area contributed by atoms with E-state index in [9.17, 15) is 14.0 Å². The van der Waals surface area contributed by atoms with Gasteiger partial charge in [0.15, 0.2) is 0 Å². The lowest BCUT2D eigenvalue weighted by Gasteiger charge is -2.48. The minimum absolute atomic E-state index is 0.0111. The molecule has 0 saturated carbocycles. The summed E-state index contributed by atoms with van der Waals surface area (Å²) in [6, 6.07) is 16.3. The van der Waals surface area contributed by atoms with Crippen LogP contribution in [0.3, 0.4) is 0 Å². The first-order valence-electron chi connectivity index (χ1n) is 10.7. The summed E-state index contributed by atoms with van der Waals surface area (Å²) in [6.45, 7) is 0.772. The maximum atomic E-state index is 13.0. The van der Waals surface area contributed by atoms with E-state index >= 15 is 0 Å². The van der Waals surface area contributed by atoms with Crippen molar-refractivity contribution in [1.82, 2.24) is 15.5 Å². The summed E-state index contributed by atoms with van der Waals surface area (Å²) in [7, 11) is 0. The number of nitrogens with zero attached hydrogens (tertiary/aromatic N) is 1. The molecule has 0 spiro atoms. The highest BCUT2D eigenvalue weighted by Crippen LogP contribution is 2.34. The first-order valence-corrected chi connectivity index (χ1v) is 10.7. The van der Waals surface area contributed by atoms with Gasteiger partial charge < -0.3 is 10.6 Å². The lowest BCUT2D eigenvalue weighted by Crippen LogP contribution is -2.58. The fourth-order valence-electron chi connectivity index (χ4n) is 4.74.